The van der Waals surface area contributed by atoms with Crippen molar-refractivity contribution in [3.8, 4) is 0 Å². The van der Waals surface area contributed by atoms with Gasteiger partial charge in [0.2, 0.25) is 0 Å². The first-order valence-corrected chi connectivity index (χ1v) is 11.0. The number of benzene rings is 1. The predicted molar refractivity (Wildman–Crippen MR) is 120 cm³/mol. The lowest BCUT2D eigenvalue weighted by atomic mass is 10.1. The number of carbonyl (C=O) groups is 1. The van der Waals surface area contributed by atoms with Gasteiger partial charge in [0, 0.05) is 31.1 Å². The Bertz CT molecular complexity index is 1310. The maximum absolute atomic E-state index is 14.0. The molecule has 0 atom stereocenters. The monoisotopic (exact) mass is 415 g/mol. The number of rotatable bonds is 3. The van der Waals surface area contributed by atoms with Gasteiger partial charge >= 0.3 is 0 Å². The molecule has 1 aliphatic carbocycles. The number of aromatic nitrogens is 4. The highest BCUT2D eigenvalue weighted by Gasteiger charge is 2.31. The second-order valence-electron chi connectivity index (χ2n) is 8.65. The van der Waals surface area contributed by atoms with Gasteiger partial charge in [-0.1, -0.05) is 12.1 Å². The Kier molecular flexibility index (Phi) is 4.27. The van der Waals surface area contributed by atoms with E-state index in [1.54, 1.807) is 6.20 Å². The van der Waals surface area contributed by atoms with Crippen LogP contribution in [-0.4, -0.2) is 74.6 Å². The van der Waals surface area contributed by atoms with Gasteiger partial charge in [-0.15, -0.1) is 5.10 Å². The summed E-state index contributed by atoms with van der Waals surface area (Å²) in [6.45, 7) is 3.36. The maximum atomic E-state index is 14.0. The fraction of sp³-hybridized carbons (Fsp3) is 0.391. The van der Waals surface area contributed by atoms with Crippen LogP contribution in [0.25, 0.3) is 27.7 Å². The van der Waals surface area contributed by atoms with E-state index in [4.69, 9.17) is 4.98 Å². The number of carbonyl (C=O) groups excluding carboxylic acids is 1. The zero-order chi connectivity index (χ0) is 20.9. The van der Waals surface area contributed by atoms with Crippen molar-refractivity contribution in [3.63, 3.8) is 0 Å². The number of anilines is 1. The molecule has 8 nitrogen and oxygen atoms in total. The van der Waals surface area contributed by atoms with Gasteiger partial charge in [-0.05, 0) is 51.1 Å². The van der Waals surface area contributed by atoms with Gasteiger partial charge in [-0.2, -0.15) is 5.10 Å². The third-order valence-corrected chi connectivity index (χ3v) is 6.36. The molecule has 2 aliphatic rings. The van der Waals surface area contributed by atoms with Gasteiger partial charge in [-0.25, -0.2) is 4.98 Å². The average Bonchev–Trinajstić information content (AvgIpc) is 3.56. The van der Waals surface area contributed by atoms with Crippen LogP contribution in [0.4, 0.5) is 5.69 Å². The molecule has 1 amide bonds. The van der Waals surface area contributed by atoms with E-state index in [1.807, 2.05) is 39.6 Å². The largest absolute Gasteiger partial charge is 0.381 e. The Balaban J connectivity index is 1.64. The van der Waals surface area contributed by atoms with Crippen molar-refractivity contribution in [2.24, 2.45) is 0 Å². The lowest BCUT2D eigenvalue weighted by Crippen LogP contribution is -2.35. The van der Waals surface area contributed by atoms with Crippen LogP contribution in [0, 0.1) is 0 Å². The Labute approximate surface area is 179 Å². The normalized spacial score (nSPS) is 18.0. The van der Waals surface area contributed by atoms with Crippen LogP contribution in [0.1, 0.15) is 29.6 Å². The number of fused-ring (bicyclic) bond motifs is 5. The van der Waals surface area contributed by atoms with E-state index in [9.17, 15) is 4.79 Å². The highest BCUT2D eigenvalue weighted by atomic mass is 16.2. The Morgan fingerprint density at radius 3 is 2.81 bits per heavy atom. The minimum absolute atomic E-state index is 0.0393. The van der Waals surface area contributed by atoms with E-state index >= 15 is 0 Å². The first-order valence-electron chi connectivity index (χ1n) is 11.0. The van der Waals surface area contributed by atoms with Gasteiger partial charge in [-0.3, -0.25) is 9.20 Å². The molecule has 8 heteroatoms. The summed E-state index contributed by atoms with van der Waals surface area (Å²) in [6, 6.07) is 10.3. The van der Waals surface area contributed by atoms with Gasteiger partial charge in [0.15, 0.2) is 11.3 Å². The molecule has 0 radical (unpaired) electrons. The number of amides is 1. The zero-order valence-corrected chi connectivity index (χ0v) is 17.6. The van der Waals surface area contributed by atoms with Gasteiger partial charge in [0.25, 0.3) is 5.91 Å². The highest BCUT2D eigenvalue weighted by Crippen LogP contribution is 2.36. The minimum atomic E-state index is 0.0393. The van der Waals surface area contributed by atoms with Crippen LogP contribution in [0.15, 0.2) is 36.5 Å². The number of likely N-dealkylation sites (N-methyl/N-ethyl adjacent to an activating group) is 1. The Morgan fingerprint density at radius 2 is 1.94 bits per heavy atom. The fourth-order valence-electron chi connectivity index (χ4n) is 4.53. The number of hydrogen-bond donors (Lipinski definition) is 1. The molecule has 0 spiro atoms. The number of hydrogen-bond acceptors (Lipinski definition) is 6. The van der Waals surface area contributed by atoms with Gasteiger partial charge in [0.1, 0.15) is 5.56 Å². The zero-order valence-electron chi connectivity index (χ0n) is 17.6. The van der Waals surface area contributed by atoms with Crippen molar-refractivity contribution in [1.29, 1.82) is 0 Å². The molecule has 6 rings (SSSR count). The lowest BCUT2D eigenvalue weighted by molar-refractivity contribution is 0.0765. The molecular formula is C23H25N7O. The summed E-state index contributed by atoms with van der Waals surface area (Å²) in [5, 5.41) is 13.1. The summed E-state index contributed by atoms with van der Waals surface area (Å²) in [7, 11) is 2.11. The maximum Gasteiger partial charge on any atom is 0.259 e. The molecule has 1 aromatic carbocycles. The van der Waals surface area contributed by atoms with Crippen LogP contribution in [0.3, 0.4) is 0 Å². The van der Waals surface area contributed by atoms with Crippen LogP contribution >= 0.6 is 0 Å². The summed E-state index contributed by atoms with van der Waals surface area (Å²) in [5.41, 5.74) is 4.65. The second-order valence-corrected chi connectivity index (χ2v) is 8.65. The van der Waals surface area contributed by atoms with Crippen LogP contribution < -0.4 is 5.32 Å². The number of para-hydroxylation sites is 2. The molecule has 0 bridgehead atoms. The molecule has 1 saturated heterocycles. The molecule has 3 aromatic heterocycles. The first kappa shape index (κ1) is 18.5. The van der Waals surface area contributed by atoms with Crippen molar-refractivity contribution >= 4 is 39.3 Å². The average molecular weight is 416 g/mol. The van der Waals surface area contributed by atoms with E-state index in [2.05, 4.69) is 27.5 Å². The van der Waals surface area contributed by atoms with Crippen molar-refractivity contribution in [2.75, 3.05) is 38.5 Å². The van der Waals surface area contributed by atoms with Gasteiger partial charge < -0.3 is 15.1 Å². The van der Waals surface area contributed by atoms with E-state index in [0.29, 0.717) is 17.3 Å². The van der Waals surface area contributed by atoms with Gasteiger partial charge in [0.05, 0.1) is 22.9 Å². The van der Waals surface area contributed by atoms with Crippen LogP contribution in [0.5, 0.6) is 0 Å². The number of pyridine rings is 1. The molecule has 1 aliphatic heterocycles. The number of nitrogens with zero attached hydrogens (tertiary/aromatic N) is 6. The molecular weight excluding hydrogens is 390 g/mol. The molecule has 158 valence electrons. The van der Waals surface area contributed by atoms with Crippen LogP contribution in [-0.2, 0) is 0 Å². The third-order valence-electron chi connectivity index (χ3n) is 6.36. The predicted octanol–water partition coefficient (Wildman–Crippen LogP) is 2.78. The molecule has 4 heterocycles. The minimum Gasteiger partial charge on any atom is -0.381 e. The summed E-state index contributed by atoms with van der Waals surface area (Å²) in [5.74, 6) is 0.0393. The van der Waals surface area contributed by atoms with Crippen molar-refractivity contribution in [3.05, 3.63) is 42.1 Å². The van der Waals surface area contributed by atoms with E-state index < -0.39 is 0 Å². The van der Waals surface area contributed by atoms with E-state index in [-0.39, 0.29) is 5.91 Å². The Hall–Kier alpha value is -3.26. The summed E-state index contributed by atoms with van der Waals surface area (Å²) < 4.78 is 1.99. The summed E-state index contributed by atoms with van der Waals surface area (Å²) in [6.07, 6.45) is 4.90. The smallest absolute Gasteiger partial charge is 0.259 e. The number of imidazole rings is 1. The Morgan fingerprint density at radius 1 is 1.06 bits per heavy atom. The molecule has 1 N–H and O–H groups in total. The first-order chi connectivity index (χ1) is 15.2. The van der Waals surface area contributed by atoms with Crippen LogP contribution in [0.2, 0.25) is 0 Å². The summed E-state index contributed by atoms with van der Waals surface area (Å²) in [4.78, 5) is 23.2. The SMILES string of the molecule is CN1CCCN(C(=O)c2c(NC3CC3)c3ccnnc3n3c2nc2ccccc23)CC1. The van der Waals surface area contributed by atoms with Crippen molar-refractivity contribution in [1.82, 2.24) is 29.4 Å². The van der Waals surface area contributed by atoms with Crippen molar-refractivity contribution in [2.45, 2.75) is 25.3 Å². The lowest BCUT2D eigenvalue weighted by Gasteiger charge is -2.23. The number of nitrogens with one attached hydrogen (secondary N) is 1. The third kappa shape index (κ3) is 3.09. The molecule has 31 heavy (non-hydrogen) atoms. The highest BCUT2D eigenvalue weighted by molar-refractivity contribution is 6.13. The quantitative estimate of drug-likeness (QED) is 0.554. The molecule has 1 saturated carbocycles. The summed E-state index contributed by atoms with van der Waals surface area (Å²) >= 11 is 0. The molecule has 2 fully saturated rings. The molecule has 0 unspecified atom stereocenters. The fourth-order valence-corrected chi connectivity index (χ4v) is 4.53. The van der Waals surface area contributed by atoms with E-state index in [0.717, 1.165) is 73.2 Å². The second kappa shape index (κ2) is 7.16. The molecule has 4 aromatic rings. The van der Waals surface area contributed by atoms with E-state index in [1.165, 1.54) is 0 Å². The standard InChI is InChI=1S/C23H25N7O/c1-28-11-4-12-29(14-13-28)23(31)19-20(25-15-7-8-15)16-9-10-24-27-21(16)30-18-6-3-2-5-17(18)26-22(19)30/h2-3,5-6,9-10,15,25H,4,7-8,11-14H2,1H3. The topological polar surface area (TPSA) is 78.7 Å². The van der Waals surface area contributed by atoms with Crippen molar-refractivity contribution < 1.29 is 4.79 Å².